The van der Waals surface area contributed by atoms with Gasteiger partial charge in [0.05, 0.1) is 22.8 Å². The fraction of sp³-hybridized carbons (Fsp3) is 0.0667. The largest absolute Gasteiger partial charge is 0.357 e. The Kier molecular flexibility index (Phi) is 4.67. The van der Waals surface area contributed by atoms with Gasteiger partial charge in [0.25, 0.3) is 0 Å². The lowest BCUT2D eigenvalue weighted by Gasteiger charge is -2.09. The number of nitrogens with one attached hydrogen (secondary N) is 2. The molecule has 2 N–H and O–H groups in total. The first-order chi connectivity index (χ1) is 10.8. The van der Waals surface area contributed by atoms with Crippen molar-refractivity contribution in [3.05, 3.63) is 59.9 Å². The number of rotatable bonds is 4. The second-order valence-corrected chi connectivity index (χ2v) is 5.73. The molecule has 22 heavy (non-hydrogen) atoms. The summed E-state index contributed by atoms with van der Waals surface area (Å²) in [5, 5.41) is 8.56. The Morgan fingerprint density at radius 2 is 2.05 bits per heavy atom. The predicted octanol–water partition coefficient (Wildman–Crippen LogP) is 3.09. The van der Waals surface area contributed by atoms with Crippen LogP contribution in [0.25, 0.3) is 10.6 Å². The van der Waals surface area contributed by atoms with E-state index in [0.717, 1.165) is 16.3 Å². The van der Waals surface area contributed by atoms with E-state index < -0.39 is 0 Å². The van der Waals surface area contributed by atoms with Crippen molar-refractivity contribution in [2.45, 2.75) is 6.54 Å². The second kappa shape index (κ2) is 7.06. The number of anilines is 1. The topological polar surface area (TPSA) is 62.7 Å². The molecule has 3 aromatic rings. The highest BCUT2D eigenvalue weighted by Crippen LogP contribution is 2.22. The first kappa shape index (κ1) is 14.6. The predicted molar refractivity (Wildman–Crippen MR) is 92.6 cm³/mol. The molecule has 3 heterocycles. The molecule has 110 valence electrons. The van der Waals surface area contributed by atoms with E-state index in [4.69, 9.17) is 12.2 Å². The van der Waals surface area contributed by atoms with E-state index >= 15 is 0 Å². The van der Waals surface area contributed by atoms with Gasteiger partial charge in [0, 0.05) is 12.4 Å². The Morgan fingerprint density at radius 1 is 1.09 bits per heavy atom. The normalized spacial score (nSPS) is 10.2. The van der Waals surface area contributed by atoms with Gasteiger partial charge < -0.3 is 10.6 Å². The molecule has 0 fully saturated rings. The van der Waals surface area contributed by atoms with E-state index in [1.807, 2.05) is 41.8 Å². The van der Waals surface area contributed by atoms with Crippen LogP contribution < -0.4 is 10.6 Å². The number of hydrogen-bond donors (Lipinski definition) is 2. The fourth-order valence-electron chi connectivity index (χ4n) is 1.80. The lowest BCUT2D eigenvalue weighted by Crippen LogP contribution is -2.29. The standard InChI is InChI=1S/C15H13N5S2/c21-15(18-10-11-4-1-2-7-16-11)20-14-17-8-6-12(19-14)13-5-3-9-22-13/h1-9H,10H2,(H2,17,18,19,20,21). The van der Waals surface area contributed by atoms with Crippen LogP contribution in [0.15, 0.2) is 54.2 Å². The summed E-state index contributed by atoms with van der Waals surface area (Å²) in [4.78, 5) is 14.0. The number of hydrogen-bond acceptors (Lipinski definition) is 5. The third kappa shape index (κ3) is 3.84. The van der Waals surface area contributed by atoms with Gasteiger partial charge in [0.2, 0.25) is 5.95 Å². The molecule has 0 aliphatic carbocycles. The van der Waals surface area contributed by atoms with Crippen molar-refractivity contribution < 1.29 is 0 Å². The minimum atomic E-state index is 0.467. The fourth-order valence-corrected chi connectivity index (χ4v) is 2.66. The summed E-state index contributed by atoms with van der Waals surface area (Å²) < 4.78 is 0. The smallest absolute Gasteiger partial charge is 0.229 e. The average Bonchev–Trinajstić information content (AvgIpc) is 3.09. The molecule has 0 saturated carbocycles. The van der Waals surface area contributed by atoms with Gasteiger partial charge in [-0.3, -0.25) is 4.98 Å². The summed E-state index contributed by atoms with van der Waals surface area (Å²) in [6.07, 6.45) is 3.47. The average molecular weight is 327 g/mol. The number of aromatic nitrogens is 3. The van der Waals surface area contributed by atoms with Crippen LogP contribution in [0.1, 0.15) is 5.69 Å². The maximum Gasteiger partial charge on any atom is 0.229 e. The highest BCUT2D eigenvalue weighted by atomic mass is 32.1. The van der Waals surface area contributed by atoms with Crippen LogP contribution in [0, 0.1) is 0 Å². The molecule has 7 heteroatoms. The van der Waals surface area contributed by atoms with Crippen molar-refractivity contribution in [3.63, 3.8) is 0 Å². The van der Waals surface area contributed by atoms with E-state index in [1.54, 1.807) is 23.7 Å². The molecule has 0 atom stereocenters. The Morgan fingerprint density at radius 3 is 2.82 bits per heavy atom. The second-order valence-electron chi connectivity index (χ2n) is 4.37. The van der Waals surface area contributed by atoms with Crippen molar-refractivity contribution >= 4 is 34.6 Å². The SMILES string of the molecule is S=C(NCc1ccccn1)Nc1nccc(-c2cccs2)n1. The van der Waals surface area contributed by atoms with E-state index in [0.29, 0.717) is 17.6 Å². The summed E-state index contributed by atoms with van der Waals surface area (Å²) in [5.41, 5.74) is 1.79. The van der Waals surface area contributed by atoms with Crippen LogP contribution >= 0.6 is 23.6 Å². The molecule has 0 aromatic carbocycles. The van der Waals surface area contributed by atoms with Gasteiger partial charge in [-0.15, -0.1) is 11.3 Å². The Balaban J connectivity index is 1.61. The Hall–Kier alpha value is -2.38. The van der Waals surface area contributed by atoms with Crippen LogP contribution in [0.5, 0.6) is 0 Å². The van der Waals surface area contributed by atoms with Crippen LogP contribution in [-0.2, 0) is 6.54 Å². The summed E-state index contributed by atoms with van der Waals surface area (Å²) >= 11 is 6.89. The van der Waals surface area contributed by atoms with Gasteiger partial charge in [-0.05, 0) is 41.9 Å². The van der Waals surface area contributed by atoms with Gasteiger partial charge in [0.1, 0.15) is 0 Å². The quantitative estimate of drug-likeness (QED) is 0.718. The maximum absolute atomic E-state index is 5.25. The van der Waals surface area contributed by atoms with Crippen LogP contribution in [0.2, 0.25) is 0 Å². The molecule has 0 bridgehead atoms. The van der Waals surface area contributed by atoms with Crippen LogP contribution in [-0.4, -0.2) is 20.1 Å². The van der Waals surface area contributed by atoms with Crippen molar-refractivity contribution in [2.24, 2.45) is 0 Å². The summed E-state index contributed by atoms with van der Waals surface area (Å²) in [5.74, 6) is 0.476. The number of pyridine rings is 1. The third-order valence-electron chi connectivity index (χ3n) is 2.81. The number of thiocarbonyl (C=S) groups is 1. The first-order valence-electron chi connectivity index (χ1n) is 6.63. The molecular formula is C15H13N5S2. The maximum atomic E-state index is 5.25. The van der Waals surface area contributed by atoms with E-state index in [1.165, 1.54) is 0 Å². The Bertz CT molecular complexity index is 744. The highest BCUT2D eigenvalue weighted by molar-refractivity contribution is 7.80. The Labute approximate surface area is 137 Å². The van der Waals surface area contributed by atoms with Crippen molar-refractivity contribution in [1.29, 1.82) is 0 Å². The molecule has 0 radical (unpaired) electrons. The molecule has 0 unspecified atom stereocenters. The summed E-state index contributed by atoms with van der Waals surface area (Å²) in [6, 6.07) is 11.6. The van der Waals surface area contributed by atoms with Crippen LogP contribution in [0.4, 0.5) is 5.95 Å². The lowest BCUT2D eigenvalue weighted by atomic mass is 10.3. The molecule has 0 spiro atoms. The third-order valence-corrected chi connectivity index (χ3v) is 3.95. The lowest BCUT2D eigenvalue weighted by molar-refractivity contribution is 0.880. The van der Waals surface area contributed by atoms with Crippen molar-refractivity contribution in [1.82, 2.24) is 20.3 Å². The molecule has 5 nitrogen and oxygen atoms in total. The van der Waals surface area contributed by atoms with E-state index in [9.17, 15) is 0 Å². The van der Waals surface area contributed by atoms with Gasteiger partial charge in [0.15, 0.2) is 5.11 Å². The monoisotopic (exact) mass is 327 g/mol. The molecule has 0 aliphatic rings. The van der Waals surface area contributed by atoms with Gasteiger partial charge in [-0.25, -0.2) is 9.97 Å². The number of thiophene rings is 1. The molecule has 3 rings (SSSR count). The zero-order valence-electron chi connectivity index (χ0n) is 11.6. The molecular weight excluding hydrogens is 314 g/mol. The molecule has 0 aliphatic heterocycles. The highest BCUT2D eigenvalue weighted by Gasteiger charge is 2.05. The summed E-state index contributed by atoms with van der Waals surface area (Å²) in [6.45, 7) is 0.553. The first-order valence-corrected chi connectivity index (χ1v) is 7.92. The molecule has 0 amide bonds. The minimum absolute atomic E-state index is 0.467. The van der Waals surface area contributed by atoms with Crippen molar-refractivity contribution in [3.8, 4) is 10.6 Å². The zero-order valence-corrected chi connectivity index (χ0v) is 13.2. The van der Waals surface area contributed by atoms with Crippen molar-refractivity contribution in [2.75, 3.05) is 5.32 Å². The van der Waals surface area contributed by atoms with E-state index in [-0.39, 0.29) is 0 Å². The van der Waals surface area contributed by atoms with E-state index in [2.05, 4.69) is 25.6 Å². The molecule has 3 aromatic heterocycles. The van der Waals surface area contributed by atoms with Gasteiger partial charge >= 0.3 is 0 Å². The minimum Gasteiger partial charge on any atom is -0.357 e. The molecule has 0 saturated heterocycles. The van der Waals surface area contributed by atoms with Crippen LogP contribution in [0.3, 0.4) is 0 Å². The van der Waals surface area contributed by atoms with Gasteiger partial charge in [-0.2, -0.15) is 0 Å². The van der Waals surface area contributed by atoms with Gasteiger partial charge in [-0.1, -0.05) is 12.1 Å². The zero-order chi connectivity index (χ0) is 15.2. The number of nitrogens with zero attached hydrogens (tertiary/aromatic N) is 3. The summed E-state index contributed by atoms with van der Waals surface area (Å²) in [7, 11) is 0.